The Morgan fingerprint density at radius 2 is 1.74 bits per heavy atom. The number of methoxy groups -OCH3 is 1. The lowest BCUT2D eigenvalue weighted by molar-refractivity contribution is -0.123. The molecule has 0 fully saturated rings. The largest absolute Gasteiger partial charge is 0.494 e. The van der Waals surface area contributed by atoms with E-state index in [9.17, 15) is 4.79 Å². The van der Waals surface area contributed by atoms with Gasteiger partial charge in [0.1, 0.15) is 11.5 Å². The molecular weight excluding hydrogens is 246 g/mol. The highest BCUT2D eigenvalue weighted by Gasteiger charge is 2.02. The molecule has 0 radical (unpaired) electrons. The molecule has 0 unspecified atom stereocenters. The first kappa shape index (κ1) is 15.3. The van der Waals surface area contributed by atoms with Crippen LogP contribution in [0.2, 0.25) is 0 Å². The average Bonchev–Trinajstić information content (AvgIpc) is 2.44. The van der Waals surface area contributed by atoms with Crippen LogP contribution in [-0.4, -0.2) is 39.4 Å². The van der Waals surface area contributed by atoms with E-state index in [0.29, 0.717) is 25.5 Å². The average molecular weight is 267 g/mol. The van der Waals surface area contributed by atoms with Gasteiger partial charge in [-0.3, -0.25) is 4.79 Å². The van der Waals surface area contributed by atoms with Crippen molar-refractivity contribution in [2.75, 3.05) is 33.5 Å². The predicted molar refractivity (Wildman–Crippen MR) is 72.6 cm³/mol. The van der Waals surface area contributed by atoms with Gasteiger partial charge in [0.15, 0.2) is 6.61 Å². The van der Waals surface area contributed by atoms with Crippen LogP contribution in [0.15, 0.2) is 24.3 Å². The van der Waals surface area contributed by atoms with Gasteiger partial charge in [-0.05, 0) is 30.7 Å². The molecule has 0 bridgehead atoms. The Balaban J connectivity index is 2.27. The predicted octanol–water partition coefficient (Wildman–Crippen LogP) is 1.62. The maximum atomic E-state index is 11.4. The summed E-state index contributed by atoms with van der Waals surface area (Å²) in [5.41, 5.74) is 0. The van der Waals surface area contributed by atoms with Crippen LogP contribution in [-0.2, 0) is 9.53 Å². The maximum Gasteiger partial charge on any atom is 0.258 e. The van der Waals surface area contributed by atoms with Crippen LogP contribution in [0.1, 0.15) is 13.3 Å². The Morgan fingerprint density at radius 1 is 1.11 bits per heavy atom. The van der Waals surface area contributed by atoms with Crippen LogP contribution in [0.4, 0.5) is 0 Å². The summed E-state index contributed by atoms with van der Waals surface area (Å²) in [6.45, 7) is 3.73. The summed E-state index contributed by atoms with van der Waals surface area (Å²) in [6, 6.07) is 7.22. The highest BCUT2D eigenvalue weighted by molar-refractivity contribution is 5.77. The molecule has 1 N–H and O–H groups in total. The molecule has 0 saturated heterocycles. The summed E-state index contributed by atoms with van der Waals surface area (Å²) in [5.74, 6) is 1.29. The fraction of sp³-hybridized carbons (Fsp3) is 0.500. The molecule has 1 amide bonds. The molecule has 106 valence electrons. The van der Waals surface area contributed by atoms with Crippen molar-refractivity contribution in [1.29, 1.82) is 0 Å². The van der Waals surface area contributed by atoms with Gasteiger partial charge in [0.25, 0.3) is 5.91 Å². The molecule has 1 aromatic carbocycles. The molecule has 0 spiro atoms. The molecule has 0 aliphatic heterocycles. The van der Waals surface area contributed by atoms with Crippen LogP contribution in [0.5, 0.6) is 11.5 Å². The first-order chi connectivity index (χ1) is 9.26. The van der Waals surface area contributed by atoms with E-state index in [1.54, 1.807) is 19.2 Å². The molecule has 0 atom stereocenters. The highest BCUT2D eigenvalue weighted by atomic mass is 16.5. The molecule has 5 heteroatoms. The standard InChI is InChI=1S/C14H21NO4/c1-3-9-18-12-4-6-13(7-5-12)19-11-14(16)15-8-10-17-2/h4-7H,3,8-11H2,1-2H3,(H,15,16). The normalized spacial score (nSPS) is 10.0. The summed E-state index contributed by atoms with van der Waals surface area (Å²) in [5, 5.41) is 2.68. The molecule has 0 aliphatic rings. The molecule has 0 aliphatic carbocycles. The van der Waals surface area contributed by atoms with Crippen molar-refractivity contribution in [2.45, 2.75) is 13.3 Å². The van der Waals surface area contributed by atoms with Crippen LogP contribution in [0, 0.1) is 0 Å². The highest BCUT2D eigenvalue weighted by Crippen LogP contribution is 2.17. The number of carbonyl (C=O) groups excluding carboxylic acids is 1. The lowest BCUT2D eigenvalue weighted by atomic mass is 10.3. The minimum absolute atomic E-state index is 0.00111. The molecule has 5 nitrogen and oxygen atoms in total. The third-order valence-corrected chi connectivity index (χ3v) is 2.29. The van der Waals surface area contributed by atoms with Crippen molar-refractivity contribution in [3.8, 4) is 11.5 Å². The van der Waals surface area contributed by atoms with Gasteiger partial charge in [0.2, 0.25) is 0 Å². The zero-order valence-corrected chi connectivity index (χ0v) is 11.5. The van der Waals surface area contributed by atoms with E-state index < -0.39 is 0 Å². The van der Waals surface area contributed by atoms with E-state index >= 15 is 0 Å². The second kappa shape index (κ2) is 9.22. The Bertz CT molecular complexity index is 364. The van der Waals surface area contributed by atoms with Crippen LogP contribution in [0.25, 0.3) is 0 Å². The zero-order valence-electron chi connectivity index (χ0n) is 11.5. The second-order valence-electron chi connectivity index (χ2n) is 3.95. The van der Waals surface area contributed by atoms with Crippen molar-refractivity contribution in [3.63, 3.8) is 0 Å². The van der Waals surface area contributed by atoms with E-state index in [0.717, 1.165) is 12.2 Å². The topological polar surface area (TPSA) is 56.8 Å². The third-order valence-electron chi connectivity index (χ3n) is 2.29. The lowest BCUT2D eigenvalue weighted by Gasteiger charge is -2.08. The molecular formula is C14H21NO4. The van der Waals surface area contributed by atoms with Crippen LogP contribution >= 0.6 is 0 Å². The van der Waals surface area contributed by atoms with Gasteiger partial charge >= 0.3 is 0 Å². The minimum atomic E-state index is -0.164. The second-order valence-corrected chi connectivity index (χ2v) is 3.95. The van der Waals surface area contributed by atoms with E-state index in [4.69, 9.17) is 14.2 Å². The fourth-order valence-corrected chi connectivity index (χ4v) is 1.34. The number of hydrogen-bond acceptors (Lipinski definition) is 4. The number of rotatable bonds is 9. The smallest absolute Gasteiger partial charge is 0.258 e. The Morgan fingerprint density at radius 3 is 2.32 bits per heavy atom. The molecule has 0 saturated carbocycles. The Labute approximate surface area is 113 Å². The van der Waals surface area contributed by atoms with Crippen LogP contribution < -0.4 is 14.8 Å². The number of carbonyl (C=O) groups is 1. The van der Waals surface area contributed by atoms with Crippen molar-refractivity contribution < 1.29 is 19.0 Å². The van der Waals surface area contributed by atoms with Gasteiger partial charge in [-0.2, -0.15) is 0 Å². The number of ether oxygens (including phenoxy) is 3. The summed E-state index contributed by atoms with van der Waals surface area (Å²) >= 11 is 0. The van der Waals surface area contributed by atoms with Gasteiger partial charge in [-0.25, -0.2) is 0 Å². The summed E-state index contributed by atoms with van der Waals surface area (Å²) in [7, 11) is 1.59. The van der Waals surface area contributed by atoms with E-state index in [1.165, 1.54) is 0 Å². The quantitative estimate of drug-likeness (QED) is 0.691. The van der Waals surface area contributed by atoms with Gasteiger partial charge in [-0.1, -0.05) is 6.92 Å². The summed E-state index contributed by atoms with van der Waals surface area (Å²) in [6.07, 6.45) is 0.972. The molecule has 1 aromatic rings. The number of amides is 1. The van der Waals surface area contributed by atoms with Crippen LogP contribution in [0.3, 0.4) is 0 Å². The van der Waals surface area contributed by atoms with Gasteiger partial charge in [-0.15, -0.1) is 0 Å². The molecule has 19 heavy (non-hydrogen) atoms. The van der Waals surface area contributed by atoms with E-state index in [1.807, 2.05) is 12.1 Å². The molecule has 1 rings (SSSR count). The van der Waals surface area contributed by atoms with Gasteiger partial charge in [0, 0.05) is 13.7 Å². The van der Waals surface area contributed by atoms with Crippen molar-refractivity contribution in [1.82, 2.24) is 5.32 Å². The van der Waals surface area contributed by atoms with Crippen molar-refractivity contribution in [3.05, 3.63) is 24.3 Å². The lowest BCUT2D eigenvalue weighted by Crippen LogP contribution is -2.31. The number of benzene rings is 1. The van der Waals surface area contributed by atoms with Crippen molar-refractivity contribution >= 4 is 5.91 Å². The summed E-state index contributed by atoms with van der Waals surface area (Å²) < 4.78 is 15.6. The maximum absolute atomic E-state index is 11.4. The molecule has 0 heterocycles. The zero-order chi connectivity index (χ0) is 13.9. The van der Waals surface area contributed by atoms with Gasteiger partial charge < -0.3 is 19.5 Å². The SMILES string of the molecule is CCCOc1ccc(OCC(=O)NCCOC)cc1. The first-order valence-electron chi connectivity index (χ1n) is 6.37. The first-order valence-corrected chi connectivity index (χ1v) is 6.37. The monoisotopic (exact) mass is 267 g/mol. The third kappa shape index (κ3) is 6.67. The molecule has 0 aromatic heterocycles. The van der Waals surface area contributed by atoms with E-state index in [2.05, 4.69) is 12.2 Å². The number of nitrogens with one attached hydrogen (secondary N) is 1. The number of hydrogen-bond donors (Lipinski definition) is 1. The Hall–Kier alpha value is -1.75. The Kier molecular flexibility index (Phi) is 7.43. The van der Waals surface area contributed by atoms with Gasteiger partial charge in [0.05, 0.1) is 13.2 Å². The summed E-state index contributed by atoms with van der Waals surface area (Å²) in [4.78, 5) is 11.4. The minimum Gasteiger partial charge on any atom is -0.494 e. The fourth-order valence-electron chi connectivity index (χ4n) is 1.34. The van der Waals surface area contributed by atoms with E-state index in [-0.39, 0.29) is 12.5 Å². The van der Waals surface area contributed by atoms with Crippen molar-refractivity contribution in [2.24, 2.45) is 0 Å².